The molecule has 0 fully saturated rings. The molecule has 0 saturated carbocycles. The number of nitrogens with one attached hydrogen (secondary N) is 2. The number of hydrogen-bond donors (Lipinski definition) is 2. The number of carbonyl (C=O) groups is 1. The second-order valence-electron chi connectivity index (χ2n) is 5.08. The first-order valence-electron chi connectivity index (χ1n) is 6.61. The van der Waals surface area contributed by atoms with Crippen molar-refractivity contribution in [2.24, 2.45) is 5.92 Å². The first-order chi connectivity index (χ1) is 9.56. The fourth-order valence-corrected chi connectivity index (χ4v) is 2.18. The molecule has 106 valence electrons. The zero-order valence-electron chi connectivity index (χ0n) is 11.6. The number of amides is 1. The summed E-state index contributed by atoms with van der Waals surface area (Å²) in [5, 5.41) is 7.06. The van der Waals surface area contributed by atoms with Crippen molar-refractivity contribution in [3.05, 3.63) is 34.9 Å². The average molecular weight is 336 g/mol. The fourth-order valence-electron chi connectivity index (χ4n) is 1.83. The van der Waals surface area contributed by atoms with Gasteiger partial charge in [-0.05, 0) is 34.0 Å². The van der Waals surface area contributed by atoms with Gasteiger partial charge in [0, 0.05) is 22.6 Å². The van der Waals surface area contributed by atoms with E-state index < -0.39 is 0 Å². The molecule has 5 heteroatoms. The Labute approximate surface area is 127 Å². The van der Waals surface area contributed by atoms with Crippen LogP contribution in [-0.2, 0) is 4.79 Å². The molecule has 2 rings (SSSR count). The third-order valence-electron chi connectivity index (χ3n) is 2.82. The lowest BCUT2D eigenvalue weighted by atomic mass is 10.2. The molecule has 2 aromatic rings. The number of para-hydroxylation sites is 1. The van der Waals surface area contributed by atoms with Crippen LogP contribution in [0.4, 0.5) is 5.69 Å². The summed E-state index contributed by atoms with van der Waals surface area (Å²) in [7, 11) is 0. The third kappa shape index (κ3) is 3.93. The number of pyridine rings is 1. The Morgan fingerprint density at radius 1 is 1.40 bits per heavy atom. The summed E-state index contributed by atoms with van der Waals surface area (Å²) >= 11 is 3.41. The number of hydrogen-bond acceptors (Lipinski definition) is 3. The average Bonchev–Trinajstić information content (AvgIpc) is 2.42. The highest BCUT2D eigenvalue weighted by Crippen LogP contribution is 2.23. The van der Waals surface area contributed by atoms with Gasteiger partial charge in [-0.15, -0.1) is 0 Å². The first-order valence-corrected chi connectivity index (χ1v) is 7.40. The van der Waals surface area contributed by atoms with Gasteiger partial charge in [-0.25, -0.2) is 0 Å². The Bertz CT molecular complexity index is 613. The molecular weight excluding hydrogens is 318 g/mol. The van der Waals surface area contributed by atoms with Gasteiger partial charge in [0.2, 0.25) is 5.91 Å². The highest BCUT2D eigenvalue weighted by Gasteiger charge is 2.05. The van der Waals surface area contributed by atoms with Crippen molar-refractivity contribution >= 4 is 38.4 Å². The fraction of sp³-hybridized carbons (Fsp3) is 0.333. The van der Waals surface area contributed by atoms with Gasteiger partial charge in [0.25, 0.3) is 0 Å². The SMILES string of the molecule is CC(C)CNC(=O)CNc1cccc2cc(Br)cnc12. The normalized spacial score (nSPS) is 10.8. The van der Waals surface area contributed by atoms with Crippen LogP contribution in [0.2, 0.25) is 0 Å². The molecule has 0 radical (unpaired) electrons. The Morgan fingerprint density at radius 3 is 2.95 bits per heavy atom. The number of anilines is 1. The van der Waals surface area contributed by atoms with Crippen LogP contribution in [0.1, 0.15) is 13.8 Å². The minimum Gasteiger partial charge on any atom is -0.374 e. The van der Waals surface area contributed by atoms with Crippen LogP contribution >= 0.6 is 15.9 Å². The zero-order valence-corrected chi connectivity index (χ0v) is 13.2. The molecule has 0 spiro atoms. The monoisotopic (exact) mass is 335 g/mol. The van der Waals surface area contributed by atoms with Gasteiger partial charge < -0.3 is 10.6 Å². The van der Waals surface area contributed by atoms with Crippen LogP contribution < -0.4 is 10.6 Å². The van der Waals surface area contributed by atoms with Crippen LogP contribution in [0.15, 0.2) is 34.9 Å². The van der Waals surface area contributed by atoms with Crippen molar-refractivity contribution in [3.63, 3.8) is 0 Å². The Balaban J connectivity index is 2.05. The number of aromatic nitrogens is 1. The van der Waals surface area contributed by atoms with E-state index in [2.05, 4.69) is 45.4 Å². The van der Waals surface area contributed by atoms with Gasteiger partial charge in [0.05, 0.1) is 17.7 Å². The minimum absolute atomic E-state index is 0.00665. The highest BCUT2D eigenvalue weighted by atomic mass is 79.9. The van der Waals surface area contributed by atoms with E-state index >= 15 is 0 Å². The lowest BCUT2D eigenvalue weighted by molar-refractivity contribution is -0.119. The number of benzene rings is 1. The molecule has 0 aliphatic rings. The van der Waals surface area contributed by atoms with Gasteiger partial charge in [0.15, 0.2) is 0 Å². The molecule has 0 atom stereocenters. The number of halogens is 1. The van der Waals surface area contributed by atoms with E-state index in [-0.39, 0.29) is 12.5 Å². The summed E-state index contributed by atoms with van der Waals surface area (Å²) in [5.41, 5.74) is 1.74. The minimum atomic E-state index is -0.00665. The van der Waals surface area contributed by atoms with Gasteiger partial charge in [0.1, 0.15) is 0 Å². The standard InChI is InChI=1S/C15H18BrN3O/c1-10(2)7-18-14(20)9-17-13-5-3-4-11-6-12(16)8-19-15(11)13/h3-6,8,10,17H,7,9H2,1-2H3,(H,18,20). The van der Waals surface area contributed by atoms with E-state index in [1.54, 1.807) is 6.20 Å². The third-order valence-corrected chi connectivity index (χ3v) is 3.26. The Morgan fingerprint density at radius 2 is 2.20 bits per heavy atom. The molecule has 0 bridgehead atoms. The van der Waals surface area contributed by atoms with Crippen LogP contribution in [0.3, 0.4) is 0 Å². The highest BCUT2D eigenvalue weighted by molar-refractivity contribution is 9.10. The van der Waals surface area contributed by atoms with Crippen molar-refractivity contribution in [2.45, 2.75) is 13.8 Å². The van der Waals surface area contributed by atoms with Crippen molar-refractivity contribution < 1.29 is 4.79 Å². The van der Waals surface area contributed by atoms with Gasteiger partial charge in [-0.1, -0.05) is 26.0 Å². The second kappa shape index (κ2) is 6.70. The Kier molecular flexibility index (Phi) is 4.95. The predicted molar refractivity (Wildman–Crippen MR) is 85.8 cm³/mol. The molecule has 1 heterocycles. The molecular formula is C15H18BrN3O. The Hall–Kier alpha value is -1.62. The molecule has 0 saturated heterocycles. The summed E-state index contributed by atoms with van der Waals surface area (Å²) in [6, 6.07) is 7.88. The van der Waals surface area contributed by atoms with E-state index in [4.69, 9.17) is 0 Å². The molecule has 1 aromatic carbocycles. The number of carbonyl (C=O) groups excluding carboxylic acids is 1. The van der Waals surface area contributed by atoms with E-state index in [1.807, 2.05) is 24.3 Å². The molecule has 0 aliphatic heterocycles. The molecule has 2 N–H and O–H groups in total. The lowest BCUT2D eigenvalue weighted by Gasteiger charge is -2.11. The van der Waals surface area contributed by atoms with Crippen LogP contribution in [0.25, 0.3) is 10.9 Å². The maximum absolute atomic E-state index is 11.7. The molecule has 0 aliphatic carbocycles. The van der Waals surface area contributed by atoms with Crippen LogP contribution in [0, 0.1) is 5.92 Å². The summed E-state index contributed by atoms with van der Waals surface area (Å²) < 4.78 is 0.942. The van der Waals surface area contributed by atoms with E-state index in [0.717, 1.165) is 21.1 Å². The largest absolute Gasteiger partial charge is 0.374 e. The molecule has 0 unspecified atom stereocenters. The number of rotatable bonds is 5. The van der Waals surface area contributed by atoms with Crippen LogP contribution in [-0.4, -0.2) is 24.0 Å². The van der Waals surface area contributed by atoms with E-state index in [1.165, 1.54) is 0 Å². The zero-order chi connectivity index (χ0) is 14.5. The number of fused-ring (bicyclic) bond motifs is 1. The van der Waals surface area contributed by atoms with Crippen LogP contribution in [0.5, 0.6) is 0 Å². The van der Waals surface area contributed by atoms with Gasteiger partial charge in [-0.2, -0.15) is 0 Å². The molecule has 1 aromatic heterocycles. The molecule has 1 amide bonds. The maximum atomic E-state index is 11.7. The number of nitrogens with zero attached hydrogens (tertiary/aromatic N) is 1. The van der Waals surface area contributed by atoms with E-state index in [9.17, 15) is 4.79 Å². The topological polar surface area (TPSA) is 54.0 Å². The smallest absolute Gasteiger partial charge is 0.239 e. The second-order valence-corrected chi connectivity index (χ2v) is 6.00. The van der Waals surface area contributed by atoms with Crippen molar-refractivity contribution in [2.75, 3.05) is 18.4 Å². The molecule has 20 heavy (non-hydrogen) atoms. The van der Waals surface area contributed by atoms with Gasteiger partial charge in [-0.3, -0.25) is 9.78 Å². The molecule has 4 nitrogen and oxygen atoms in total. The maximum Gasteiger partial charge on any atom is 0.239 e. The lowest BCUT2D eigenvalue weighted by Crippen LogP contribution is -2.32. The van der Waals surface area contributed by atoms with Crippen molar-refractivity contribution in [1.29, 1.82) is 0 Å². The first kappa shape index (κ1) is 14.8. The summed E-state index contributed by atoms with van der Waals surface area (Å²) in [6.45, 7) is 5.09. The predicted octanol–water partition coefficient (Wildman–Crippen LogP) is 3.18. The van der Waals surface area contributed by atoms with E-state index in [0.29, 0.717) is 12.5 Å². The summed E-state index contributed by atoms with van der Waals surface area (Å²) in [5.74, 6) is 0.448. The van der Waals surface area contributed by atoms with Gasteiger partial charge >= 0.3 is 0 Å². The van der Waals surface area contributed by atoms with Crippen molar-refractivity contribution in [1.82, 2.24) is 10.3 Å². The quantitative estimate of drug-likeness (QED) is 0.882. The van der Waals surface area contributed by atoms with Crippen molar-refractivity contribution in [3.8, 4) is 0 Å². The summed E-state index contributed by atoms with van der Waals surface area (Å²) in [4.78, 5) is 16.1. The summed E-state index contributed by atoms with van der Waals surface area (Å²) in [6.07, 6.45) is 1.76.